The lowest BCUT2D eigenvalue weighted by atomic mass is 10.0. The van der Waals surface area contributed by atoms with Crippen molar-refractivity contribution in [1.29, 1.82) is 0 Å². The second-order valence-corrected chi connectivity index (χ2v) is 7.30. The molecule has 0 aliphatic heterocycles. The lowest BCUT2D eigenvalue weighted by Crippen LogP contribution is -2.43. The van der Waals surface area contributed by atoms with Crippen LogP contribution in [-0.4, -0.2) is 20.6 Å². The minimum Gasteiger partial charge on any atom is -0.350 e. The third-order valence-electron chi connectivity index (χ3n) is 4.79. The summed E-state index contributed by atoms with van der Waals surface area (Å²) >= 11 is 1.08. The van der Waals surface area contributed by atoms with Gasteiger partial charge in [-0.25, -0.2) is 0 Å². The van der Waals surface area contributed by atoms with E-state index in [0.29, 0.717) is 28.8 Å². The molecule has 0 fully saturated rings. The topological polar surface area (TPSA) is 75.2 Å². The average Bonchev–Trinajstić information content (AvgIpc) is 3.29. The molecule has 1 atom stereocenters. The van der Waals surface area contributed by atoms with Crippen LogP contribution in [0.1, 0.15) is 17.2 Å². The molecule has 6 nitrogen and oxygen atoms in total. The molecule has 1 N–H and O–H groups in total. The van der Waals surface area contributed by atoms with E-state index in [1.807, 2.05) is 48.5 Å². The number of nitrogens with one attached hydrogen (secondary N) is 1. The lowest BCUT2D eigenvalue weighted by molar-refractivity contribution is -0.125. The molecule has 1 aromatic heterocycles. The lowest BCUT2D eigenvalue weighted by Gasteiger charge is -2.30. The standard InChI is InChI=1S/C24H18N4O2S/c1-2-22(29)28(19-13-14-20-21(15-19)27-31-26-20)23(18-11-7-4-8-12-18)24(30)25-16-17-9-5-3-6-10-17/h1,3-15,23H,16H2,(H,25,30). The van der Waals surface area contributed by atoms with Gasteiger partial charge in [-0.3, -0.25) is 14.5 Å². The third-order valence-corrected chi connectivity index (χ3v) is 5.35. The summed E-state index contributed by atoms with van der Waals surface area (Å²) in [4.78, 5) is 27.6. The Kier molecular flexibility index (Phi) is 6.01. The van der Waals surface area contributed by atoms with Crippen molar-refractivity contribution < 1.29 is 9.59 Å². The first-order chi connectivity index (χ1) is 15.2. The summed E-state index contributed by atoms with van der Waals surface area (Å²) in [6.07, 6.45) is 5.49. The molecule has 0 aliphatic carbocycles. The van der Waals surface area contributed by atoms with E-state index in [4.69, 9.17) is 6.42 Å². The number of carbonyl (C=O) groups excluding carboxylic acids is 2. The van der Waals surface area contributed by atoms with Crippen molar-refractivity contribution in [1.82, 2.24) is 14.1 Å². The molecule has 152 valence electrons. The number of hydrogen-bond acceptors (Lipinski definition) is 5. The SMILES string of the molecule is C#CC(=O)N(c1ccc2nsnc2c1)C(C(=O)NCc1ccccc1)c1ccccc1. The van der Waals surface area contributed by atoms with Crippen LogP contribution in [0.4, 0.5) is 5.69 Å². The summed E-state index contributed by atoms with van der Waals surface area (Å²) in [5, 5.41) is 2.93. The van der Waals surface area contributed by atoms with E-state index in [-0.39, 0.29) is 5.91 Å². The van der Waals surface area contributed by atoms with Gasteiger partial charge in [0.1, 0.15) is 17.1 Å². The molecule has 3 aromatic carbocycles. The highest BCUT2D eigenvalue weighted by atomic mass is 32.1. The molecule has 0 saturated carbocycles. The molecule has 0 saturated heterocycles. The van der Waals surface area contributed by atoms with Gasteiger partial charge in [0.05, 0.1) is 11.7 Å². The highest BCUT2D eigenvalue weighted by molar-refractivity contribution is 7.00. The van der Waals surface area contributed by atoms with E-state index in [1.165, 1.54) is 4.90 Å². The Morgan fingerprint density at radius 2 is 1.65 bits per heavy atom. The molecule has 0 radical (unpaired) electrons. The molecule has 0 bridgehead atoms. The summed E-state index contributed by atoms with van der Waals surface area (Å²) in [6, 6.07) is 22.9. The van der Waals surface area contributed by atoms with Crippen LogP contribution < -0.4 is 10.2 Å². The molecular weight excluding hydrogens is 408 g/mol. The van der Waals surface area contributed by atoms with Crippen molar-refractivity contribution in [3.05, 3.63) is 90.0 Å². The fourth-order valence-corrected chi connectivity index (χ4v) is 3.83. The Hall–Kier alpha value is -4.02. The summed E-state index contributed by atoms with van der Waals surface area (Å²) < 4.78 is 8.43. The number of terminal acetylenes is 1. The predicted molar refractivity (Wildman–Crippen MR) is 121 cm³/mol. The molecular formula is C24H18N4O2S. The first-order valence-electron chi connectivity index (χ1n) is 9.56. The summed E-state index contributed by atoms with van der Waals surface area (Å²) in [5.41, 5.74) is 3.42. The first-order valence-corrected chi connectivity index (χ1v) is 10.3. The number of hydrogen-bond donors (Lipinski definition) is 1. The Balaban J connectivity index is 1.74. The van der Waals surface area contributed by atoms with Crippen LogP contribution in [0.3, 0.4) is 0 Å². The zero-order valence-electron chi connectivity index (χ0n) is 16.4. The normalized spacial score (nSPS) is 11.5. The molecule has 1 unspecified atom stereocenters. The maximum absolute atomic E-state index is 13.4. The number of amides is 2. The van der Waals surface area contributed by atoms with Crippen molar-refractivity contribution in [2.24, 2.45) is 0 Å². The number of nitrogens with zero attached hydrogens (tertiary/aromatic N) is 3. The molecule has 4 rings (SSSR count). The monoisotopic (exact) mass is 426 g/mol. The average molecular weight is 427 g/mol. The van der Waals surface area contributed by atoms with E-state index >= 15 is 0 Å². The van der Waals surface area contributed by atoms with Crippen LogP contribution in [0.15, 0.2) is 78.9 Å². The molecule has 7 heteroatoms. The molecule has 0 spiro atoms. The van der Waals surface area contributed by atoms with Gasteiger partial charge in [-0.05, 0) is 35.2 Å². The van der Waals surface area contributed by atoms with Gasteiger partial charge in [0.25, 0.3) is 0 Å². The fraction of sp³-hybridized carbons (Fsp3) is 0.0833. The van der Waals surface area contributed by atoms with Crippen LogP contribution >= 0.6 is 11.7 Å². The van der Waals surface area contributed by atoms with Gasteiger partial charge in [0, 0.05) is 12.2 Å². The predicted octanol–water partition coefficient (Wildman–Crippen LogP) is 3.72. The van der Waals surface area contributed by atoms with E-state index in [0.717, 1.165) is 17.3 Å². The van der Waals surface area contributed by atoms with E-state index < -0.39 is 11.9 Å². The van der Waals surface area contributed by atoms with Crippen LogP contribution in [0.25, 0.3) is 11.0 Å². The number of anilines is 1. The van der Waals surface area contributed by atoms with Gasteiger partial charge in [-0.1, -0.05) is 60.7 Å². The Morgan fingerprint density at radius 1 is 0.968 bits per heavy atom. The van der Waals surface area contributed by atoms with E-state index in [2.05, 4.69) is 20.0 Å². The van der Waals surface area contributed by atoms with Crippen LogP contribution in [-0.2, 0) is 16.1 Å². The zero-order valence-corrected chi connectivity index (χ0v) is 17.3. The van der Waals surface area contributed by atoms with Crippen molar-refractivity contribution in [2.75, 3.05) is 4.90 Å². The number of benzene rings is 3. The molecule has 4 aromatic rings. The Morgan fingerprint density at radius 3 is 2.35 bits per heavy atom. The minimum atomic E-state index is -0.947. The van der Waals surface area contributed by atoms with Crippen molar-refractivity contribution in [3.63, 3.8) is 0 Å². The second kappa shape index (κ2) is 9.20. The molecule has 31 heavy (non-hydrogen) atoms. The van der Waals surface area contributed by atoms with Crippen LogP contribution in [0.5, 0.6) is 0 Å². The summed E-state index contributed by atoms with van der Waals surface area (Å²) in [5.74, 6) is 1.20. The summed E-state index contributed by atoms with van der Waals surface area (Å²) in [7, 11) is 0. The fourth-order valence-electron chi connectivity index (χ4n) is 3.31. The van der Waals surface area contributed by atoms with Gasteiger partial charge < -0.3 is 5.32 Å². The Labute approximate surface area is 183 Å². The third kappa shape index (κ3) is 4.44. The highest BCUT2D eigenvalue weighted by Gasteiger charge is 2.32. The van der Waals surface area contributed by atoms with Gasteiger partial charge >= 0.3 is 5.91 Å². The van der Waals surface area contributed by atoms with Gasteiger partial charge in [0.2, 0.25) is 5.91 Å². The van der Waals surface area contributed by atoms with Crippen molar-refractivity contribution >= 4 is 40.3 Å². The maximum Gasteiger partial charge on any atom is 0.303 e. The zero-order chi connectivity index (χ0) is 21.6. The van der Waals surface area contributed by atoms with E-state index in [1.54, 1.807) is 30.3 Å². The number of aromatic nitrogens is 2. The largest absolute Gasteiger partial charge is 0.350 e. The van der Waals surface area contributed by atoms with Gasteiger partial charge in [-0.15, -0.1) is 6.42 Å². The maximum atomic E-state index is 13.4. The second-order valence-electron chi connectivity index (χ2n) is 6.77. The summed E-state index contributed by atoms with van der Waals surface area (Å²) in [6.45, 7) is 0.329. The highest BCUT2D eigenvalue weighted by Crippen LogP contribution is 2.30. The molecule has 1 heterocycles. The minimum absolute atomic E-state index is 0.329. The smallest absolute Gasteiger partial charge is 0.303 e. The van der Waals surface area contributed by atoms with Crippen molar-refractivity contribution in [3.8, 4) is 12.3 Å². The van der Waals surface area contributed by atoms with Crippen molar-refractivity contribution in [2.45, 2.75) is 12.6 Å². The van der Waals surface area contributed by atoms with Gasteiger partial charge in [-0.2, -0.15) is 8.75 Å². The van der Waals surface area contributed by atoms with Gasteiger partial charge in [0.15, 0.2) is 0 Å². The number of rotatable bonds is 6. The number of carbonyl (C=O) groups is 2. The van der Waals surface area contributed by atoms with Crippen LogP contribution in [0.2, 0.25) is 0 Å². The van der Waals surface area contributed by atoms with E-state index in [9.17, 15) is 9.59 Å². The quantitative estimate of drug-likeness (QED) is 0.477. The molecule has 0 aliphatic rings. The number of fused-ring (bicyclic) bond motifs is 1. The van der Waals surface area contributed by atoms with Crippen LogP contribution in [0, 0.1) is 12.3 Å². The Bertz CT molecular complexity index is 1250. The molecule has 2 amide bonds. The first kappa shape index (κ1) is 20.3.